The number of hydrogen-bond donors (Lipinski definition) is 2. The molecule has 0 aliphatic heterocycles. The number of anilines is 1. The van der Waals surface area contributed by atoms with Crippen LogP contribution in [-0.2, 0) is 0 Å². The normalized spacial score (nSPS) is 10.3. The van der Waals surface area contributed by atoms with Gasteiger partial charge in [0.15, 0.2) is 0 Å². The number of carbonyl (C=O) groups is 1. The number of phenolic OH excluding ortho intramolecular Hbond substituents is 1. The van der Waals surface area contributed by atoms with E-state index < -0.39 is 11.7 Å². The van der Waals surface area contributed by atoms with Gasteiger partial charge in [-0.2, -0.15) is 0 Å². The Balaban J connectivity index is 2.28. The number of hydrogen-bond acceptors (Lipinski definition) is 2. The molecule has 0 spiro atoms. The monoisotopic (exact) mass is 279 g/mol. The minimum Gasteiger partial charge on any atom is -0.508 e. The Morgan fingerprint density at radius 1 is 1.32 bits per heavy atom. The van der Waals surface area contributed by atoms with Crippen LogP contribution in [0.25, 0.3) is 0 Å². The minimum absolute atomic E-state index is 0.0491. The molecule has 0 aliphatic rings. The molecule has 0 heterocycles. The van der Waals surface area contributed by atoms with Crippen molar-refractivity contribution in [3.8, 4) is 5.75 Å². The molecule has 0 saturated carbocycles. The summed E-state index contributed by atoms with van der Waals surface area (Å²) in [5.41, 5.74) is 0.868. The third kappa shape index (κ3) is 2.85. The third-order valence-electron chi connectivity index (χ3n) is 2.64. The Bertz CT molecular complexity index is 623. The topological polar surface area (TPSA) is 49.3 Å². The first-order valence-electron chi connectivity index (χ1n) is 5.54. The highest BCUT2D eigenvalue weighted by Crippen LogP contribution is 2.23. The smallest absolute Gasteiger partial charge is 0.260 e. The number of aromatic hydroxyl groups is 1. The number of amides is 1. The SMILES string of the molecule is Cc1cc(NC(=O)c2c(F)cccc2Cl)ccc1O. The summed E-state index contributed by atoms with van der Waals surface area (Å²) in [6, 6.07) is 8.61. The van der Waals surface area contributed by atoms with E-state index >= 15 is 0 Å². The maximum absolute atomic E-state index is 13.6. The van der Waals surface area contributed by atoms with Crippen molar-refractivity contribution in [2.24, 2.45) is 0 Å². The maximum Gasteiger partial charge on any atom is 0.260 e. The van der Waals surface area contributed by atoms with E-state index in [2.05, 4.69) is 5.32 Å². The predicted octanol–water partition coefficient (Wildman–Crippen LogP) is 3.75. The Morgan fingerprint density at radius 2 is 2.05 bits per heavy atom. The lowest BCUT2D eigenvalue weighted by atomic mass is 10.1. The van der Waals surface area contributed by atoms with Gasteiger partial charge >= 0.3 is 0 Å². The Hall–Kier alpha value is -2.07. The highest BCUT2D eigenvalue weighted by Gasteiger charge is 2.15. The second kappa shape index (κ2) is 5.28. The minimum atomic E-state index is -0.680. The van der Waals surface area contributed by atoms with Crippen LogP contribution in [0, 0.1) is 12.7 Å². The molecule has 0 fully saturated rings. The molecule has 2 N–H and O–H groups in total. The van der Waals surface area contributed by atoms with E-state index in [1.165, 1.54) is 30.3 Å². The standard InChI is InChI=1S/C14H11ClFNO2/c1-8-7-9(5-6-12(8)18)17-14(19)13-10(15)3-2-4-11(13)16/h2-7,18H,1H3,(H,17,19). The Labute approximate surface area is 114 Å². The van der Waals surface area contributed by atoms with Gasteiger partial charge in [-0.15, -0.1) is 0 Å². The zero-order chi connectivity index (χ0) is 14.0. The van der Waals surface area contributed by atoms with Crippen molar-refractivity contribution in [1.82, 2.24) is 0 Å². The lowest BCUT2D eigenvalue weighted by molar-refractivity contribution is 0.102. The zero-order valence-corrected chi connectivity index (χ0v) is 10.8. The number of benzene rings is 2. The first-order chi connectivity index (χ1) is 8.99. The van der Waals surface area contributed by atoms with E-state index in [9.17, 15) is 14.3 Å². The van der Waals surface area contributed by atoms with E-state index in [0.717, 1.165) is 0 Å². The number of aryl methyl sites for hydroxylation is 1. The van der Waals surface area contributed by atoms with E-state index in [0.29, 0.717) is 11.3 Å². The van der Waals surface area contributed by atoms with Crippen LogP contribution >= 0.6 is 11.6 Å². The molecule has 5 heteroatoms. The van der Waals surface area contributed by atoms with Gasteiger partial charge < -0.3 is 10.4 Å². The van der Waals surface area contributed by atoms with Crippen LogP contribution in [-0.4, -0.2) is 11.0 Å². The molecule has 0 atom stereocenters. The fourth-order valence-electron chi connectivity index (χ4n) is 1.64. The average molecular weight is 280 g/mol. The second-order valence-electron chi connectivity index (χ2n) is 4.05. The van der Waals surface area contributed by atoms with Gasteiger partial charge in [-0.3, -0.25) is 4.79 Å². The third-order valence-corrected chi connectivity index (χ3v) is 2.96. The van der Waals surface area contributed by atoms with Gasteiger partial charge in [0.2, 0.25) is 0 Å². The van der Waals surface area contributed by atoms with Crippen molar-refractivity contribution in [3.05, 3.63) is 58.4 Å². The summed E-state index contributed by atoms with van der Waals surface area (Å²) < 4.78 is 13.6. The summed E-state index contributed by atoms with van der Waals surface area (Å²) in [4.78, 5) is 12.0. The van der Waals surface area contributed by atoms with Crippen molar-refractivity contribution < 1.29 is 14.3 Å². The van der Waals surface area contributed by atoms with Gasteiger partial charge in [0.25, 0.3) is 5.91 Å². The number of rotatable bonds is 2. The molecule has 3 nitrogen and oxygen atoms in total. The van der Waals surface area contributed by atoms with E-state index in [-0.39, 0.29) is 16.3 Å². The molecule has 0 bridgehead atoms. The largest absolute Gasteiger partial charge is 0.508 e. The molecular formula is C14H11ClFNO2. The van der Waals surface area contributed by atoms with Crippen molar-refractivity contribution >= 4 is 23.2 Å². The molecule has 0 radical (unpaired) electrons. The molecule has 0 aliphatic carbocycles. The predicted molar refractivity (Wildman–Crippen MR) is 72.2 cm³/mol. The molecule has 19 heavy (non-hydrogen) atoms. The van der Waals surface area contributed by atoms with Gasteiger partial charge in [-0.1, -0.05) is 17.7 Å². The van der Waals surface area contributed by atoms with Crippen LogP contribution in [0.4, 0.5) is 10.1 Å². The number of phenols is 1. The molecule has 0 saturated heterocycles. The number of halogens is 2. The van der Waals surface area contributed by atoms with Crippen molar-refractivity contribution in [2.45, 2.75) is 6.92 Å². The first kappa shape index (κ1) is 13.4. The van der Waals surface area contributed by atoms with Crippen LogP contribution in [0.5, 0.6) is 5.75 Å². The quantitative estimate of drug-likeness (QED) is 0.823. The lowest BCUT2D eigenvalue weighted by Crippen LogP contribution is -2.14. The molecule has 2 rings (SSSR count). The van der Waals surface area contributed by atoms with Crippen LogP contribution in [0.1, 0.15) is 15.9 Å². The summed E-state index contributed by atoms with van der Waals surface area (Å²) >= 11 is 5.81. The lowest BCUT2D eigenvalue weighted by Gasteiger charge is -2.09. The Kier molecular flexibility index (Phi) is 3.71. The average Bonchev–Trinajstić information content (AvgIpc) is 2.33. The van der Waals surface area contributed by atoms with E-state index in [1.807, 2.05) is 0 Å². The second-order valence-corrected chi connectivity index (χ2v) is 4.46. The molecular weight excluding hydrogens is 269 g/mol. The molecule has 1 amide bonds. The van der Waals surface area contributed by atoms with Gasteiger partial charge in [-0.25, -0.2) is 4.39 Å². The Morgan fingerprint density at radius 3 is 2.68 bits per heavy atom. The summed E-state index contributed by atoms with van der Waals surface area (Å²) in [5.74, 6) is -1.18. The van der Waals surface area contributed by atoms with Crippen molar-refractivity contribution in [2.75, 3.05) is 5.32 Å². The van der Waals surface area contributed by atoms with Crippen LogP contribution in [0.3, 0.4) is 0 Å². The fourth-order valence-corrected chi connectivity index (χ4v) is 1.89. The van der Waals surface area contributed by atoms with E-state index in [4.69, 9.17) is 11.6 Å². The molecule has 2 aromatic carbocycles. The molecule has 98 valence electrons. The zero-order valence-electron chi connectivity index (χ0n) is 10.1. The van der Waals surface area contributed by atoms with Gasteiger partial charge in [0, 0.05) is 5.69 Å². The summed E-state index contributed by atoms with van der Waals surface area (Å²) in [6.07, 6.45) is 0. The number of nitrogens with one attached hydrogen (secondary N) is 1. The molecule has 0 aromatic heterocycles. The van der Waals surface area contributed by atoms with E-state index in [1.54, 1.807) is 13.0 Å². The first-order valence-corrected chi connectivity index (χ1v) is 5.92. The van der Waals surface area contributed by atoms with Crippen molar-refractivity contribution in [3.63, 3.8) is 0 Å². The van der Waals surface area contributed by atoms with Gasteiger partial charge in [0.1, 0.15) is 11.6 Å². The highest BCUT2D eigenvalue weighted by molar-refractivity contribution is 6.34. The molecule has 0 unspecified atom stereocenters. The number of carbonyl (C=O) groups excluding carboxylic acids is 1. The maximum atomic E-state index is 13.6. The van der Waals surface area contributed by atoms with Crippen LogP contribution < -0.4 is 5.32 Å². The summed E-state index contributed by atoms with van der Waals surface area (Å²) in [6.45, 7) is 1.70. The summed E-state index contributed by atoms with van der Waals surface area (Å²) in [5, 5.41) is 12.0. The van der Waals surface area contributed by atoms with Crippen molar-refractivity contribution in [1.29, 1.82) is 0 Å². The highest BCUT2D eigenvalue weighted by atomic mass is 35.5. The van der Waals surface area contributed by atoms with Crippen LogP contribution in [0.15, 0.2) is 36.4 Å². The fraction of sp³-hybridized carbons (Fsp3) is 0.0714. The summed E-state index contributed by atoms with van der Waals surface area (Å²) in [7, 11) is 0. The van der Waals surface area contributed by atoms with Crippen LogP contribution in [0.2, 0.25) is 5.02 Å². The molecule has 2 aromatic rings. The van der Waals surface area contributed by atoms with Gasteiger partial charge in [-0.05, 0) is 42.8 Å². The van der Waals surface area contributed by atoms with Gasteiger partial charge in [0.05, 0.1) is 10.6 Å².